The number of halogens is 2. The van der Waals surface area contributed by atoms with Gasteiger partial charge in [0.05, 0.1) is 0 Å². The van der Waals surface area contributed by atoms with E-state index in [1.54, 1.807) is 0 Å². The molecule has 0 aliphatic heterocycles. The van der Waals surface area contributed by atoms with Crippen molar-refractivity contribution in [3.63, 3.8) is 0 Å². The van der Waals surface area contributed by atoms with Crippen LogP contribution in [0.15, 0.2) is 0 Å². The predicted molar refractivity (Wildman–Crippen MR) is 90.7 cm³/mol. The van der Waals surface area contributed by atoms with Gasteiger partial charge in [0.1, 0.15) is 0 Å². The van der Waals surface area contributed by atoms with Crippen LogP contribution in [-0.2, 0) is 22.9 Å². The van der Waals surface area contributed by atoms with Gasteiger partial charge in [-0.25, -0.2) is 0 Å². The molecule has 0 aliphatic rings. The molecule has 0 amide bonds. The Morgan fingerprint density at radius 3 is 0.947 bits per heavy atom. The van der Waals surface area contributed by atoms with Crippen molar-refractivity contribution < 1.29 is 22.9 Å². The third-order valence-corrected chi connectivity index (χ3v) is 15.1. The third kappa shape index (κ3) is 5.99. The van der Waals surface area contributed by atoms with E-state index in [2.05, 4.69) is 69.2 Å². The van der Waals surface area contributed by atoms with Crippen LogP contribution in [0.1, 0.15) is 82.1 Å². The van der Waals surface area contributed by atoms with E-state index in [1.807, 2.05) is 0 Å². The molecule has 19 heavy (non-hydrogen) atoms. The van der Waals surface area contributed by atoms with Crippen LogP contribution in [0.25, 0.3) is 0 Å². The average Bonchev–Trinajstić information content (AvgIpc) is 2.15. The molecule has 0 spiro atoms. The maximum absolute atomic E-state index is 2.53. The van der Waals surface area contributed by atoms with Gasteiger partial charge in [0, 0.05) is 0 Å². The first-order valence-corrected chi connectivity index (χ1v) is 10.7. The smallest absolute Gasteiger partial charge is 0.147 e. The Kier molecular flexibility index (Phi) is 10.9. The van der Waals surface area contributed by atoms with Crippen molar-refractivity contribution in [1.29, 1.82) is 0 Å². The van der Waals surface area contributed by atoms with Gasteiger partial charge < -0.3 is 0 Å². The molecule has 118 valence electrons. The summed E-state index contributed by atoms with van der Waals surface area (Å²) in [6, 6.07) is 0. The minimum absolute atomic E-state index is 0. The van der Waals surface area contributed by atoms with Crippen LogP contribution in [0.5, 0.6) is 0 Å². The SMILES string of the molecule is CCC(C)(C)[C](C)(C)[Hf][C](C)(C)C(C)(C)CC.Cl.Cl. The van der Waals surface area contributed by atoms with Gasteiger partial charge >= 0.3 is 122 Å². The van der Waals surface area contributed by atoms with Gasteiger partial charge in [0.2, 0.25) is 0 Å². The van der Waals surface area contributed by atoms with E-state index >= 15 is 0 Å². The normalized spacial score (nSPS) is 13.4. The van der Waals surface area contributed by atoms with E-state index in [9.17, 15) is 0 Å². The zero-order chi connectivity index (χ0) is 14.1. The summed E-state index contributed by atoms with van der Waals surface area (Å²) in [6.07, 6.45) is 2.60. The van der Waals surface area contributed by atoms with Crippen molar-refractivity contribution in [3.05, 3.63) is 0 Å². The molecular formula is C16H36Cl2Hf. The Balaban J connectivity index is -0.00000128. The van der Waals surface area contributed by atoms with E-state index in [4.69, 9.17) is 0 Å². The molecule has 0 aliphatic carbocycles. The molecule has 0 saturated heterocycles. The van der Waals surface area contributed by atoms with E-state index in [-0.39, 0.29) is 24.8 Å². The number of hydrogen-bond acceptors (Lipinski definition) is 0. The molecular weight excluding hydrogens is 442 g/mol. The summed E-state index contributed by atoms with van der Waals surface area (Å²) in [7, 11) is 0. The van der Waals surface area contributed by atoms with Crippen molar-refractivity contribution in [2.45, 2.75) is 88.4 Å². The Bertz CT molecular complexity index is 229. The molecule has 0 rings (SSSR count). The molecule has 0 fully saturated rings. The molecule has 0 aromatic rings. The average molecular weight is 478 g/mol. The summed E-state index contributed by atoms with van der Waals surface area (Å²) >= 11 is -0.746. The van der Waals surface area contributed by atoms with Crippen LogP contribution < -0.4 is 0 Å². The van der Waals surface area contributed by atoms with Gasteiger partial charge in [-0.05, 0) is 0 Å². The van der Waals surface area contributed by atoms with Crippen molar-refractivity contribution >= 4 is 24.8 Å². The largest absolute Gasteiger partial charge is 0.147 e. The number of hydrogen-bond donors (Lipinski definition) is 0. The molecule has 0 bridgehead atoms. The first-order valence-electron chi connectivity index (χ1n) is 7.12. The molecule has 0 N–H and O–H groups in total. The first-order chi connectivity index (χ1) is 7.33. The zero-order valence-electron chi connectivity index (χ0n) is 14.7. The fourth-order valence-corrected chi connectivity index (χ4v) is 11.3. The molecule has 0 aromatic heterocycles. The van der Waals surface area contributed by atoms with Crippen molar-refractivity contribution in [3.8, 4) is 0 Å². The van der Waals surface area contributed by atoms with Crippen LogP contribution in [0.2, 0.25) is 6.34 Å². The minimum atomic E-state index is -0.746. The summed E-state index contributed by atoms with van der Waals surface area (Å²) in [5.41, 5.74) is 0.994. The zero-order valence-corrected chi connectivity index (χ0v) is 20.0. The second-order valence-corrected chi connectivity index (χ2v) is 17.7. The van der Waals surface area contributed by atoms with Gasteiger partial charge in [-0.15, -0.1) is 24.8 Å². The van der Waals surface area contributed by atoms with E-state index in [0.717, 1.165) is 0 Å². The fourth-order valence-electron chi connectivity index (χ4n) is 2.00. The van der Waals surface area contributed by atoms with Gasteiger partial charge in [-0.3, -0.25) is 0 Å². The van der Waals surface area contributed by atoms with Crippen molar-refractivity contribution in [1.82, 2.24) is 0 Å². The molecule has 0 radical (unpaired) electrons. The summed E-state index contributed by atoms with van der Waals surface area (Å²) < 4.78 is 1.16. The second kappa shape index (κ2) is 8.18. The molecule has 0 heterocycles. The van der Waals surface area contributed by atoms with Gasteiger partial charge in [-0.1, -0.05) is 0 Å². The number of rotatable bonds is 6. The van der Waals surface area contributed by atoms with Crippen LogP contribution in [0.3, 0.4) is 0 Å². The molecule has 0 aromatic carbocycles. The Morgan fingerprint density at radius 1 is 0.579 bits per heavy atom. The van der Waals surface area contributed by atoms with E-state index in [1.165, 1.54) is 12.8 Å². The maximum atomic E-state index is 2.53. The monoisotopic (exact) mass is 478 g/mol. The van der Waals surface area contributed by atoms with Gasteiger partial charge in [0.25, 0.3) is 0 Å². The first kappa shape index (κ1) is 25.4. The topological polar surface area (TPSA) is 0 Å². The van der Waals surface area contributed by atoms with Gasteiger partial charge in [0.15, 0.2) is 0 Å². The molecule has 0 nitrogen and oxygen atoms in total. The predicted octanol–water partition coefficient (Wildman–Crippen LogP) is 7.18. The maximum Gasteiger partial charge on any atom is -0.147 e. The molecule has 0 atom stereocenters. The van der Waals surface area contributed by atoms with Crippen molar-refractivity contribution in [2.75, 3.05) is 0 Å². The summed E-state index contributed by atoms with van der Waals surface area (Å²) in [4.78, 5) is 0. The van der Waals surface area contributed by atoms with Crippen LogP contribution >= 0.6 is 24.8 Å². The Labute approximate surface area is 146 Å². The third-order valence-electron chi connectivity index (χ3n) is 5.78. The molecule has 3 heteroatoms. The van der Waals surface area contributed by atoms with Crippen LogP contribution in [-0.4, -0.2) is 0 Å². The van der Waals surface area contributed by atoms with Gasteiger partial charge in [-0.2, -0.15) is 0 Å². The second-order valence-electron chi connectivity index (χ2n) is 7.85. The van der Waals surface area contributed by atoms with Crippen molar-refractivity contribution in [2.24, 2.45) is 10.8 Å². The quantitative estimate of drug-likeness (QED) is 0.355. The Hall–Kier alpha value is 1.45. The summed E-state index contributed by atoms with van der Waals surface area (Å²) in [6.45, 7) is 24.7. The van der Waals surface area contributed by atoms with E-state index < -0.39 is 22.9 Å². The standard InChI is InChI=1S/2C8H17.2ClH.Hf/c2*1-6-8(4,5)7(2)3;;;/h2*6H2,1-5H3;2*1H;. The molecule has 0 saturated carbocycles. The van der Waals surface area contributed by atoms with E-state index in [0.29, 0.717) is 17.2 Å². The fraction of sp³-hybridized carbons (Fsp3) is 1.00. The Morgan fingerprint density at radius 2 is 0.789 bits per heavy atom. The van der Waals surface area contributed by atoms with Crippen LogP contribution in [0.4, 0.5) is 0 Å². The summed E-state index contributed by atoms with van der Waals surface area (Å²) in [5, 5.41) is 0. The van der Waals surface area contributed by atoms with Crippen LogP contribution in [0, 0.1) is 10.8 Å². The molecule has 0 unspecified atom stereocenters. The minimum Gasteiger partial charge on any atom is -0.147 e. The summed E-state index contributed by atoms with van der Waals surface area (Å²) in [5.74, 6) is 0.